The zero-order chi connectivity index (χ0) is 14.2. The number of hydrogen-bond acceptors (Lipinski definition) is 1. The van der Waals surface area contributed by atoms with Crippen LogP contribution in [0, 0.1) is 17.3 Å². The number of carboxylic acids is 1. The Bertz CT molecular complexity index is 221. The first-order valence-electron chi connectivity index (χ1n) is 7.65. The van der Waals surface area contributed by atoms with Crippen LogP contribution >= 0.6 is 0 Å². The molecule has 0 aliphatic heterocycles. The average molecular weight is 256 g/mol. The van der Waals surface area contributed by atoms with Gasteiger partial charge in [-0.25, -0.2) is 0 Å². The van der Waals surface area contributed by atoms with Crippen LogP contribution in [0.3, 0.4) is 0 Å². The molecule has 0 aromatic heterocycles. The summed E-state index contributed by atoms with van der Waals surface area (Å²) in [5.41, 5.74) is -0.497. The molecule has 0 heterocycles. The maximum atomic E-state index is 11.7. The predicted octanol–water partition coefficient (Wildman–Crippen LogP) is 5.12. The van der Waals surface area contributed by atoms with E-state index in [4.69, 9.17) is 0 Å². The van der Waals surface area contributed by atoms with E-state index in [1.807, 2.05) is 6.92 Å². The Labute approximate surface area is 113 Å². The largest absolute Gasteiger partial charge is 0.481 e. The number of aliphatic carboxylic acids is 1. The van der Waals surface area contributed by atoms with E-state index >= 15 is 0 Å². The summed E-state index contributed by atoms with van der Waals surface area (Å²) in [5.74, 6) is 0.440. The molecular weight excluding hydrogens is 224 g/mol. The zero-order valence-corrected chi connectivity index (χ0v) is 13.0. The van der Waals surface area contributed by atoms with Crippen LogP contribution in [0.15, 0.2) is 0 Å². The SMILES string of the molecule is CCCC(C)CC(CC)(CC(C)CCC)C(=O)O. The smallest absolute Gasteiger partial charge is 0.309 e. The molecule has 18 heavy (non-hydrogen) atoms. The third-order valence-electron chi connectivity index (χ3n) is 4.17. The Hall–Kier alpha value is -0.530. The van der Waals surface area contributed by atoms with E-state index in [0.29, 0.717) is 11.8 Å². The van der Waals surface area contributed by atoms with Crippen LogP contribution < -0.4 is 0 Å². The molecule has 0 aromatic carbocycles. The molecule has 0 radical (unpaired) electrons. The molecule has 0 saturated heterocycles. The highest BCUT2D eigenvalue weighted by atomic mass is 16.4. The second kappa shape index (κ2) is 8.55. The van der Waals surface area contributed by atoms with Crippen molar-refractivity contribution in [3.05, 3.63) is 0 Å². The first kappa shape index (κ1) is 17.5. The van der Waals surface area contributed by atoms with Crippen molar-refractivity contribution in [3.8, 4) is 0 Å². The van der Waals surface area contributed by atoms with Gasteiger partial charge < -0.3 is 5.11 Å². The average Bonchev–Trinajstić information content (AvgIpc) is 2.28. The molecule has 1 N–H and O–H groups in total. The van der Waals surface area contributed by atoms with E-state index in [9.17, 15) is 9.90 Å². The number of carboxylic acid groups (broad SMARTS) is 1. The van der Waals surface area contributed by atoms with Gasteiger partial charge in [0.2, 0.25) is 0 Å². The van der Waals surface area contributed by atoms with Gasteiger partial charge in [-0.2, -0.15) is 0 Å². The maximum Gasteiger partial charge on any atom is 0.309 e. The van der Waals surface area contributed by atoms with E-state index < -0.39 is 11.4 Å². The summed E-state index contributed by atoms with van der Waals surface area (Å²) in [6.07, 6.45) is 6.98. The van der Waals surface area contributed by atoms with Crippen LogP contribution in [0.4, 0.5) is 0 Å². The van der Waals surface area contributed by atoms with E-state index in [1.165, 1.54) is 0 Å². The lowest BCUT2D eigenvalue weighted by Crippen LogP contribution is -2.34. The maximum absolute atomic E-state index is 11.7. The number of hydrogen-bond donors (Lipinski definition) is 1. The Morgan fingerprint density at radius 3 is 1.61 bits per heavy atom. The minimum Gasteiger partial charge on any atom is -0.481 e. The summed E-state index contributed by atoms with van der Waals surface area (Å²) in [6.45, 7) is 10.8. The molecule has 0 aliphatic carbocycles. The van der Waals surface area contributed by atoms with Crippen molar-refractivity contribution in [3.63, 3.8) is 0 Å². The van der Waals surface area contributed by atoms with E-state index in [-0.39, 0.29) is 0 Å². The second-order valence-corrected chi connectivity index (χ2v) is 6.13. The Morgan fingerprint density at radius 1 is 1.00 bits per heavy atom. The molecule has 0 aromatic rings. The number of carbonyl (C=O) groups is 1. The Morgan fingerprint density at radius 2 is 1.39 bits per heavy atom. The molecule has 0 rings (SSSR count). The summed E-state index contributed by atoms with van der Waals surface area (Å²) >= 11 is 0. The Balaban J connectivity index is 4.75. The molecule has 0 aliphatic rings. The van der Waals surface area contributed by atoms with Gasteiger partial charge in [-0.1, -0.05) is 60.3 Å². The van der Waals surface area contributed by atoms with Gasteiger partial charge in [-0.05, 0) is 31.1 Å². The summed E-state index contributed by atoms with van der Waals surface area (Å²) in [7, 11) is 0. The molecule has 108 valence electrons. The highest BCUT2D eigenvalue weighted by Gasteiger charge is 2.38. The topological polar surface area (TPSA) is 37.3 Å². The second-order valence-electron chi connectivity index (χ2n) is 6.13. The third-order valence-corrected chi connectivity index (χ3v) is 4.17. The first-order valence-corrected chi connectivity index (χ1v) is 7.65. The third kappa shape index (κ3) is 5.41. The van der Waals surface area contributed by atoms with Gasteiger partial charge >= 0.3 is 5.97 Å². The van der Waals surface area contributed by atoms with Crippen molar-refractivity contribution in [2.45, 2.75) is 79.6 Å². The fraction of sp³-hybridized carbons (Fsp3) is 0.938. The summed E-state index contributed by atoms with van der Waals surface area (Å²) in [6, 6.07) is 0. The predicted molar refractivity (Wildman–Crippen MR) is 77.7 cm³/mol. The highest BCUT2D eigenvalue weighted by molar-refractivity contribution is 5.74. The normalized spacial score (nSPS) is 18.1. The molecule has 0 spiro atoms. The van der Waals surface area contributed by atoms with Gasteiger partial charge in [0.05, 0.1) is 5.41 Å². The number of rotatable bonds is 10. The first-order chi connectivity index (χ1) is 8.41. The molecular formula is C16H32O2. The monoisotopic (exact) mass is 256 g/mol. The fourth-order valence-corrected chi connectivity index (χ4v) is 3.22. The minimum atomic E-state index is -0.587. The van der Waals surface area contributed by atoms with Crippen LogP contribution in [-0.4, -0.2) is 11.1 Å². The van der Waals surface area contributed by atoms with Crippen molar-refractivity contribution in [1.82, 2.24) is 0 Å². The molecule has 0 saturated carbocycles. The van der Waals surface area contributed by atoms with Crippen LogP contribution in [0.25, 0.3) is 0 Å². The van der Waals surface area contributed by atoms with Crippen molar-refractivity contribution < 1.29 is 9.90 Å². The molecule has 0 fully saturated rings. The summed E-state index contributed by atoms with van der Waals surface area (Å²) in [4.78, 5) is 11.7. The van der Waals surface area contributed by atoms with Gasteiger partial charge in [-0.3, -0.25) is 4.79 Å². The van der Waals surface area contributed by atoms with Crippen molar-refractivity contribution in [1.29, 1.82) is 0 Å². The summed E-state index contributed by atoms with van der Waals surface area (Å²) < 4.78 is 0. The lowest BCUT2D eigenvalue weighted by Gasteiger charge is -2.33. The van der Waals surface area contributed by atoms with Gasteiger partial charge in [0.1, 0.15) is 0 Å². The van der Waals surface area contributed by atoms with Crippen LogP contribution in [0.1, 0.15) is 79.6 Å². The van der Waals surface area contributed by atoms with Crippen LogP contribution in [0.2, 0.25) is 0 Å². The van der Waals surface area contributed by atoms with E-state index in [1.54, 1.807) is 0 Å². The van der Waals surface area contributed by atoms with Gasteiger partial charge in [0.25, 0.3) is 0 Å². The fourth-order valence-electron chi connectivity index (χ4n) is 3.22. The van der Waals surface area contributed by atoms with Crippen LogP contribution in [-0.2, 0) is 4.79 Å². The Kier molecular flexibility index (Phi) is 8.30. The molecule has 0 amide bonds. The van der Waals surface area contributed by atoms with Gasteiger partial charge in [0, 0.05) is 0 Å². The lowest BCUT2D eigenvalue weighted by molar-refractivity contribution is -0.151. The van der Waals surface area contributed by atoms with Crippen molar-refractivity contribution >= 4 is 5.97 Å². The quantitative estimate of drug-likeness (QED) is 0.589. The standard InChI is InChI=1S/C16H32O2/c1-6-9-13(4)11-16(8-3,15(17)18)12-14(5)10-7-2/h13-14H,6-12H2,1-5H3,(H,17,18). The van der Waals surface area contributed by atoms with Gasteiger partial charge in [0.15, 0.2) is 0 Å². The van der Waals surface area contributed by atoms with Crippen molar-refractivity contribution in [2.24, 2.45) is 17.3 Å². The van der Waals surface area contributed by atoms with E-state index in [0.717, 1.165) is 44.9 Å². The van der Waals surface area contributed by atoms with Gasteiger partial charge in [-0.15, -0.1) is 0 Å². The van der Waals surface area contributed by atoms with Crippen LogP contribution in [0.5, 0.6) is 0 Å². The summed E-state index contributed by atoms with van der Waals surface area (Å²) in [5, 5.41) is 9.66. The molecule has 2 unspecified atom stereocenters. The zero-order valence-electron chi connectivity index (χ0n) is 13.0. The molecule has 2 heteroatoms. The van der Waals surface area contributed by atoms with Crippen molar-refractivity contribution in [2.75, 3.05) is 0 Å². The van der Waals surface area contributed by atoms with E-state index in [2.05, 4.69) is 27.7 Å². The molecule has 2 nitrogen and oxygen atoms in total. The molecule has 2 atom stereocenters. The minimum absolute atomic E-state index is 0.497. The lowest BCUT2D eigenvalue weighted by atomic mass is 9.70. The highest BCUT2D eigenvalue weighted by Crippen LogP contribution is 2.39. The molecule has 0 bridgehead atoms.